The summed E-state index contributed by atoms with van der Waals surface area (Å²) in [5, 5.41) is 6.61. The van der Waals surface area contributed by atoms with E-state index in [1.165, 1.54) is 0 Å². The van der Waals surface area contributed by atoms with Gasteiger partial charge in [-0.15, -0.1) is 0 Å². The van der Waals surface area contributed by atoms with Crippen LogP contribution >= 0.6 is 0 Å². The smallest absolute Gasteiger partial charge is 0.255 e. The number of anilines is 1. The number of carbonyl (C=O) groups excluding carboxylic acids is 3. The van der Waals surface area contributed by atoms with Gasteiger partial charge in [0.15, 0.2) is 0 Å². The first-order valence-electron chi connectivity index (χ1n) is 11.8. The molecule has 2 saturated heterocycles. The van der Waals surface area contributed by atoms with Gasteiger partial charge in [-0.2, -0.15) is 0 Å². The predicted octanol–water partition coefficient (Wildman–Crippen LogP) is 1.80. The van der Waals surface area contributed by atoms with Crippen LogP contribution in [0, 0.1) is 6.92 Å². The van der Waals surface area contributed by atoms with Crippen molar-refractivity contribution in [3.8, 4) is 0 Å². The lowest BCUT2D eigenvalue weighted by Crippen LogP contribution is -2.58. The Bertz CT molecular complexity index is 896. The Balaban J connectivity index is 1.43. The summed E-state index contributed by atoms with van der Waals surface area (Å²) in [5.74, 6) is -0.126. The van der Waals surface area contributed by atoms with E-state index in [1.807, 2.05) is 36.9 Å². The highest BCUT2D eigenvalue weighted by molar-refractivity contribution is 6.02. The minimum Gasteiger partial charge on any atom is -0.362 e. The van der Waals surface area contributed by atoms with Gasteiger partial charge in [0.05, 0.1) is 5.56 Å². The van der Waals surface area contributed by atoms with Gasteiger partial charge in [-0.1, -0.05) is 13.0 Å². The van der Waals surface area contributed by atoms with Crippen LogP contribution in [0.15, 0.2) is 18.2 Å². The van der Waals surface area contributed by atoms with Gasteiger partial charge in [0, 0.05) is 51.3 Å². The highest BCUT2D eigenvalue weighted by atomic mass is 16.2. The average molecular weight is 442 g/mol. The molecule has 4 rings (SSSR count). The minimum absolute atomic E-state index is 0.0204. The molecule has 3 heterocycles. The number of likely N-dealkylation sites (tertiary alicyclic amines) is 1. The van der Waals surface area contributed by atoms with Crippen molar-refractivity contribution in [3.63, 3.8) is 0 Å². The quantitative estimate of drug-likeness (QED) is 0.744. The number of hydrogen-bond donors (Lipinski definition) is 2. The summed E-state index contributed by atoms with van der Waals surface area (Å²) < 4.78 is 0. The monoisotopic (exact) mass is 441 g/mol. The lowest BCUT2D eigenvalue weighted by molar-refractivity contribution is -0.145. The number of rotatable bonds is 4. The van der Waals surface area contributed by atoms with Gasteiger partial charge < -0.3 is 20.4 Å². The van der Waals surface area contributed by atoms with E-state index in [0.29, 0.717) is 38.0 Å². The number of benzene rings is 1. The third-order valence-electron chi connectivity index (χ3n) is 7.06. The van der Waals surface area contributed by atoms with E-state index in [9.17, 15) is 14.4 Å². The Morgan fingerprint density at radius 1 is 1.09 bits per heavy atom. The minimum atomic E-state index is -0.670. The lowest BCUT2D eigenvalue weighted by atomic mass is 9.94. The van der Waals surface area contributed by atoms with Gasteiger partial charge in [-0.25, -0.2) is 0 Å². The van der Waals surface area contributed by atoms with Crippen LogP contribution in [0.1, 0.15) is 55.5 Å². The number of piperazine rings is 1. The molecule has 0 bridgehead atoms. The number of amides is 3. The van der Waals surface area contributed by atoms with Crippen molar-refractivity contribution in [1.82, 2.24) is 20.0 Å². The second-order valence-electron chi connectivity index (χ2n) is 9.39. The fourth-order valence-electron chi connectivity index (χ4n) is 5.12. The third-order valence-corrected chi connectivity index (χ3v) is 7.06. The molecular weight excluding hydrogens is 406 g/mol. The third kappa shape index (κ3) is 4.46. The zero-order chi connectivity index (χ0) is 22.9. The van der Waals surface area contributed by atoms with Crippen molar-refractivity contribution in [2.45, 2.75) is 58.2 Å². The molecule has 8 nitrogen and oxygen atoms in total. The molecule has 3 aliphatic rings. The van der Waals surface area contributed by atoms with Gasteiger partial charge in [0.25, 0.3) is 5.91 Å². The first kappa shape index (κ1) is 22.6. The van der Waals surface area contributed by atoms with E-state index in [0.717, 1.165) is 37.3 Å². The number of aryl methyl sites for hydroxylation is 1. The van der Waals surface area contributed by atoms with Crippen LogP contribution < -0.4 is 10.6 Å². The maximum atomic E-state index is 13.2. The molecule has 174 valence electrons. The molecule has 3 amide bonds. The standard InChI is InChI=1S/C24H35N5O3/c1-4-10-27-12-14-28(15-13-27)23(32)18(3)29-11-9-24(8-7-21(29)30)25-20-16-17(2)5-6-19(20)22(31)26-24/h5-6,16,18,25H,4,7-15H2,1-3H3,(H,26,31)/t18-,24+/m1/s1. The van der Waals surface area contributed by atoms with Gasteiger partial charge in [0.1, 0.15) is 11.7 Å². The second kappa shape index (κ2) is 9.10. The molecule has 1 aromatic rings. The summed E-state index contributed by atoms with van der Waals surface area (Å²) in [7, 11) is 0. The van der Waals surface area contributed by atoms with Crippen LogP contribution in [-0.4, -0.2) is 83.4 Å². The Kier molecular flexibility index (Phi) is 6.42. The summed E-state index contributed by atoms with van der Waals surface area (Å²) in [6.07, 6.45) is 2.46. The lowest BCUT2D eigenvalue weighted by Gasteiger charge is -2.40. The van der Waals surface area contributed by atoms with Crippen molar-refractivity contribution in [1.29, 1.82) is 0 Å². The molecule has 2 N–H and O–H groups in total. The molecule has 32 heavy (non-hydrogen) atoms. The second-order valence-corrected chi connectivity index (χ2v) is 9.39. The topological polar surface area (TPSA) is 85.0 Å². The molecule has 1 spiro atoms. The zero-order valence-electron chi connectivity index (χ0n) is 19.4. The number of nitrogens with zero attached hydrogens (tertiary/aromatic N) is 3. The predicted molar refractivity (Wildman–Crippen MR) is 123 cm³/mol. The van der Waals surface area contributed by atoms with Crippen molar-refractivity contribution in [3.05, 3.63) is 29.3 Å². The molecule has 2 atom stereocenters. The highest BCUT2D eigenvalue weighted by Gasteiger charge is 2.42. The zero-order valence-corrected chi connectivity index (χ0v) is 19.4. The van der Waals surface area contributed by atoms with Crippen molar-refractivity contribution in [2.24, 2.45) is 0 Å². The molecule has 0 saturated carbocycles. The van der Waals surface area contributed by atoms with E-state index in [1.54, 1.807) is 4.90 Å². The van der Waals surface area contributed by atoms with Crippen LogP contribution in [0.5, 0.6) is 0 Å². The summed E-state index contributed by atoms with van der Waals surface area (Å²) in [6.45, 7) is 10.7. The van der Waals surface area contributed by atoms with E-state index < -0.39 is 11.7 Å². The van der Waals surface area contributed by atoms with Crippen molar-refractivity contribution in [2.75, 3.05) is 44.6 Å². The van der Waals surface area contributed by atoms with E-state index in [-0.39, 0.29) is 24.1 Å². The Morgan fingerprint density at radius 3 is 2.56 bits per heavy atom. The summed E-state index contributed by atoms with van der Waals surface area (Å²) in [4.78, 5) is 44.9. The molecule has 0 radical (unpaired) electrons. The summed E-state index contributed by atoms with van der Waals surface area (Å²) in [5.41, 5.74) is 1.84. The summed E-state index contributed by atoms with van der Waals surface area (Å²) >= 11 is 0. The Morgan fingerprint density at radius 2 is 1.84 bits per heavy atom. The number of fused-ring (bicyclic) bond motifs is 1. The maximum absolute atomic E-state index is 13.2. The van der Waals surface area contributed by atoms with Crippen LogP contribution in [0.3, 0.4) is 0 Å². The van der Waals surface area contributed by atoms with Crippen LogP contribution in [0.4, 0.5) is 5.69 Å². The van der Waals surface area contributed by atoms with E-state index >= 15 is 0 Å². The van der Waals surface area contributed by atoms with Gasteiger partial charge in [0.2, 0.25) is 11.8 Å². The SMILES string of the molecule is CCCN1CCN(C(=O)[C@@H](C)N2CC[C@]3(CCC2=O)NC(=O)c2ccc(C)cc2N3)CC1. The molecule has 8 heteroatoms. The molecule has 0 unspecified atom stereocenters. The van der Waals surface area contributed by atoms with Crippen molar-refractivity contribution >= 4 is 23.4 Å². The normalized spacial score (nSPS) is 25.1. The van der Waals surface area contributed by atoms with Crippen LogP contribution in [0.25, 0.3) is 0 Å². The molecule has 0 aromatic heterocycles. The fraction of sp³-hybridized carbons (Fsp3) is 0.625. The molecule has 2 fully saturated rings. The van der Waals surface area contributed by atoms with Gasteiger partial charge in [-0.3, -0.25) is 19.3 Å². The molecule has 0 aliphatic carbocycles. The molecule has 1 aromatic carbocycles. The van der Waals surface area contributed by atoms with E-state index in [2.05, 4.69) is 22.5 Å². The number of carbonyl (C=O) groups is 3. The highest BCUT2D eigenvalue weighted by Crippen LogP contribution is 2.32. The summed E-state index contributed by atoms with van der Waals surface area (Å²) in [6, 6.07) is 5.23. The maximum Gasteiger partial charge on any atom is 0.255 e. The van der Waals surface area contributed by atoms with Crippen molar-refractivity contribution < 1.29 is 14.4 Å². The molecular formula is C24H35N5O3. The van der Waals surface area contributed by atoms with Gasteiger partial charge >= 0.3 is 0 Å². The average Bonchev–Trinajstić information content (AvgIpc) is 2.92. The Labute approximate surface area is 190 Å². The number of hydrogen-bond acceptors (Lipinski definition) is 5. The largest absolute Gasteiger partial charge is 0.362 e. The number of nitrogens with one attached hydrogen (secondary N) is 2. The van der Waals surface area contributed by atoms with E-state index in [4.69, 9.17) is 0 Å². The molecule has 3 aliphatic heterocycles. The van der Waals surface area contributed by atoms with Crippen LogP contribution in [-0.2, 0) is 9.59 Å². The van der Waals surface area contributed by atoms with Gasteiger partial charge in [-0.05, 0) is 50.9 Å². The Hall–Kier alpha value is -2.61. The first-order chi connectivity index (χ1) is 15.3. The van der Waals surface area contributed by atoms with Crippen LogP contribution in [0.2, 0.25) is 0 Å². The first-order valence-corrected chi connectivity index (χ1v) is 11.8. The fourth-order valence-corrected chi connectivity index (χ4v) is 5.12.